The fourth-order valence-corrected chi connectivity index (χ4v) is 6.29. The maximum Gasteiger partial charge on any atom is 0.0620 e. The van der Waals surface area contributed by atoms with Crippen molar-refractivity contribution in [1.82, 2.24) is 0 Å². The molecule has 0 N–H and O–H groups in total. The number of para-hydroxylation sites is 4. The maximum absolute atomic E-state index is 2.45. The highest BCUT2D eigenvalue weighted by Crippen LogP contribution is 2.51. The molecule has 7 aromatic carbocycles. The Balaban J connectivity index is 1.66. The van der Waals surface area contributed by atoms with Crippen LogP contribution >= 0.6 is 0 Å². The van der Waals surface area contributed by atoms with E-state index in [1.165, 1.54) is 61.0 Å². The SMILES string of the molecule is Cc1ccc2c(N(c3ccccc3)c3ccccc3C)c3ccccc3c(N(c3ccccc3)c3ccccc3C)c2c1. The lowest BCUT2D eigenvalue weighted by Gasteiger charge is -2.34. The maximum atomic E-state index is 2.45. The quantitative estimate of drug-likeness (QED) is 0.149. The molecule has 7 aromatic rings. The molecular weight excluding hydrogens is 520 g/mol. The van der Waals surface area contributed by atoms with Crippen molar-refractivity contribution in [2.24, 2.45) is 0 Å². The predicted octanol–water partition coefficient (Wildman–Crippen LogP) is 11.9. The molecule has 7 rings (SSSR count). The molecule has 0 fully saturated rings. The smallest absolute Gasteiger partial charge is 0.0620 e. The first-order valence-corrected chi connectivity index (χ1v) is 14.9. The molecule has 43 heavy (non-hydrogen) atoms. The highest BCUT2D eigenvalue weighted by atomic mass is 15.2. The van der Waals surface area contributed by atoms with Crippen LogP contribution in [0.5, 0.6) is 0 Å². The van der Waals surface area contributed by atoms with Crippen molar-refractivity contribution in [3.8, 4) is 0 Å². The average molecular weight is 555 g/mol. The Kier molecular flexibility index (Phi) is 6.89. The van der Waals surface area contributed by atoms with Crippen LogP contribution in [0.15, 0.2) is 152 Å². The molecule has 0 aliphatic rings. The lowest BCUT2D eigenvalue weighted by molar-refractivity contribution is 1.26. The van der Waals surface area contributed by atoms with Crippen molar-refractivity contribution >= 4 is 55.7 Å². The van der Waals surface area contributed by atoms with Gasteiger partial charge < -0.3 is 9.80 Å². The number of nitrogens with zero attached hydrogens (tertiary/aromatic N) is 2. The topological polar surface area (TPSA) is 6.48 Å². The van der Waals surface area contributed by atoms with Crippen LogP contribution in [0.25, 0.3) is 21.5 Å². The van der Waals surface area contributed by atoms with Gasteiger partial charge in [0.25, 0.3) is 0 Å². The first-order valence-electron chi connectivity index (χ1n) is 14.9. The van der Waals surface area contributed by atoms with E-state index in [2.05, 4.69) is 182 Å². The second kappa shape index (κ2) is 11.2. The lowest BCUT2D eigenvalue weighted by Crippen LogP contribution is -2.15. The number of hydrogen-bond acceptors (Lipinski definition) is 2. The summed E-state index contributed by atoms with van der Waals surface area (Å²) in [6.07, 6.45) is 0. The lowest BCUT2D eigenvalue weighted by atomic mass is 9.94. The molecular formula is C41H34N2. The predicted molar refractivity (Wildman–Crippen MR) is 185 cm³/mol. The number of aryl methyl sites for hydroxylation is 3. The minimum atomic E-state index is 1.13. The van der Waals surface area contributed by atoms with Crippen molar-refractivity contribution in [3.05, 3.63) is 168 Å². The Bertz CT molecular complexity index is 2060. The molecule has 0 aliphatic heterocycles. The Morgan fingerprint density at radius 1 is 0.349 bits per heavy atom. The van der Waals surface area contributed by atoms with E-state index in [1.54, 1.807) is 0 Å². The highest BCUT2D eigenvalue weighted by Gasteiger charge is 2.26. The normalized spacial score (nSPS) is 11.1. The Labute approximate surface area is 254 Å². The molecule has 2 nitrogen and oxygen atoms in total. The average Bonchev–Trinajstić information content (AvgIpc) is 3.05. The van der Waals surface area contributed by atoms with E-state index in [4.69, 9.17) is 0 Å². The third kappa shape index (κ3) is 4.71. The second-order valence-electron chi connectivity index (χ2n) is 11.2. The molecule has 0 saturated heterocycles. The zero-order valence-electron chi connectivity index (χ0n) is 24.8. The summed E-state index contributed by atoms with van der Waals surface area (Å²) >= 11 is 0. The van der Waals surface area contributed by atoms with E-state index >= 15 is 0 Å². The van der Waals surface area contributed by atoms with E-state index in [1.807, 2.05) is 0 Å². The Hall–Kier alpha value is -5.34. The van der Waals surface area contributed by atoms with Gasteiger partial charge in [-0.1, -0.05) is 115 Å². The van der Waals surface area contributed by atoms with Crippen LogP contribution in [0.2, 0.25) is 0 Å². The summed E-state index contributed by atoms with van der Waals surface area (Å²) in [5.41, 5.74) is 10.7. The van der Waals surface area contributed by atoms with Crippen LogP contribution in [0.1, 0.15) is 16.7 Å². The first-order chi connectivity index (χ1) is 21.1. The van der Waals surface area contributed by atoms with Gasteiger partial charge in [-0.05, 0) is 74.4 Å². The summed E-state index contributed by atoms with van der Waals surface area (Å²) in [5.74, 6) is 0. The van der Waals surface area contributed by atoms with E-state index in [-0.39, 0.29) is 0 Å². The van der Waals surface area contributed by atoms with Gasteiger partial charge in [0.2, 0.25) is 0 Å². The Morgan fingerprint density at radius 3 is 1.23 bits per heavy atom. The molecule has 0 saturated carbocycles. The van der Waals surface area contributed by atoms with E-state index in [0.29, 0.717) is 0 Å². The monoisotopic (exact) mass is 554 g/mol. The van der Waals surface area contributed by atoms with Gasteiger partial charge in [0, 0.05) is 44.3 Å². The summed E-state index contributed by atoms with van der Waals surface area (Å²) in [7, 11) is 0. The molecule has 0 atom stereocenters. The van der Waals surface area contributed by atoms with Crippen LogP contribution in [-0.2, 0) is 0 Å². The summed E-state index contributed by atoms with van der Waals surface area (Å²) in [6.45, 7) is 6.59. The number of rotatable bonds is 6. The zero-order chi connectivity index (χ0) is 29.3. The molecule has 0 heterocycles. The van der Waals surface area contributed by atoms with Crippen LogP contribution in [0.4, 0.5) is 34.1 Å². The summed E-state index contributed by atoms with van der Waals surface area (Å²) in [4.78, 5) is 4.89. The van der Waals surface area contributed by atoms with E-state index in [9.17, 15) is 0 Å². The molecule has 0 spiro atoms. The van der Waals surface area contributed by atoms with Gasteiger partial charge in [0.05, 0.1) is 11.4 Å². The third-order valence-corrected chi connectivity index (χ3v) is 8.31. The number of benzene rings is 7. The summed E-state index contributed by atoms with van der Waals surface area (Å²) in [5, 5.41) is 4.84. The number of anilines is 6. The van der Waals surface area contributed by atoms with Gasteiger partial charge >= 0.3 is 0 Å². The molecule has 2 heteroatoms. The molecule has 208 valence electrons. The number of fused-ring (bicyclic) bond motifs is 2. The third-order valence-electron chi connectivity index (χ3n) is 8.31. The molecule has 0 aliphatic carbocycles. The standard InChI is InChI=1S/C41H34N2/c1-29-26-27-36-37(28-29)41(43(33-20-8-5-9-21-33)39-25-15-11-17-31(39)3)35-23-13-12-22-34(35)40(36)42(32-18-6-4-7-19-32)38-24-14-10-16-30(38)2/h4-28H,1-3H3. The Morgan fingerprint density at radius 2 is 0.744 bits per heavy atom. The fourth-order valence-electron chi connectivity index (χ4n) is 6.29. The largest absolute Gasteiger partial charge is 0.309 e. The minimum Gasteiger partial charge on any atom is -0.309 e. The van der Waals surface area contributed by atoms with Gasteiger partial charge in [-0.2, -0.15) is 0 Å². The first kappa shape index (κ1) is 26.6. The van der Waals surface area contributed by atoms with Crippen LogP contribution < -0.4 is 9.80 Å². The van der Waals surface area contributed by atoms with Crippen LogP contribution in [0.3, 0.4) is 0 Å². The fraction of sp³-hybridized carbons (Fsp3) is 0.0732. The zero-order valence-corrected chi connectivity index (χ0v) is 24.8. The van der Waals surface area contributed by atoms with E-state index in [0.717, 1.165) is 11.4 Å². The van der Waals surface area contributed by atoms with Crippen molar-refractivity contribution < 1.29 is 0 Å². The second-order valence-corrected chi connectivity index (χ2v) is 11.2. The van der Waals surface area contributed by atoms with Crippen LogP contribution in [0, 0.1) is 20.8 Å². The summed E-state index contributed by atoms with van der Waals surface area (Å²) < 4.78 is 0. The minimum absolute atomic E-state index is 1.13. The highest BCUT2D eigenvalue weighted by molar-refractivity contribution is 6.23. The van der Waals surface area contributed by atoms with Gasteiger partial charge in [-0.15, -0.1) is 0 Å². The van der Waals surface area contributed by atoms with Crippen LogP contribution in [-0.4, -0.2) is 0 Å². The van der Waals surface area contributed by atoms with Gasteiger partial charge in [-0.3, -0.25) is 0 Å². The van der Waals surface area contributed by atoms with Crippen molar-refractivity contribution in [2.75, 3.05) is 9.80 Å². The molecule has 0 amide bonds. The van der Waals surface area contributed by atoms with Crippen molar-refractivity contribution in [3.63, 3.8) is 0 Å². The molecule has 0 radical (unpaired) electrons. The van der Waals surface area contributed by atoms with Gasteiger partial charge in [0.15, 0.2) is 0 Å². The van der Waals surface area contributed by atoms with Crippen molar-refractivity contribution in [1.29, 1.82) is 0 Å². The number of hydrogen-bond donors (Lipinski definition) is 0. The van der Waals surface area contributed by atoms with E-state index < -0.39 is 0 Å². The molecule has 0 unspecified atom stereocenters. The summed E-state index contributed by atoms with van der Waals surface area (Å²) in [6, 6.07) is 54.7. The van der Waals surface area contributed by atoms with Crippen molar-refractivity contribution in [2.45, 2.75) is 20.8 Å². The molecule has 0 aromatic heterocycles. The molecule has 0 bridgehead atoms. The van der Waals surface area contributed by atoms with Gasteiger partial charge in [0.1, 0.15) is 0 Å². The van der Waals surface area contributed by atoms with Gasteiger partial charge in [-0.25, -0.2) is 0 Å².